The summed E-state index contributed by atoms with van der Waals surface area (Å²) in [6.45, 7) is 2.93. The van der Waals surface area contributed by atoms with Crippen LogP contribution in [0.5, 0.6) is 0 Å². The van der Waals surface area contributed by atoms with Gasteiger partial charge in [0.2, 0.25) is 5.90 Å². The molecule has 27 heavy (non-hydrogen) atoms. The molecule has 0 saturated heterocycles. The Labute approximate surface area is 150 Å². The lowest BCUT2D eigenvalue weighted by Gasteiger charge is -2.25. The van der Waals surface area contributed by atoms with Crippen molar-refractivity contribution in [1.29, 1.82) is 5.26 Å². The Kier molecular flexibility index (Phi) is 5.40. The monoisotopic (exact) mass is 392 g/mol. The van der Waals surface area contributed by atoms with E-state index in [2.05, 4.69) is 15.5 Å². The number of hydrogen-bond acceptors (Lipinski definition) is 5. The molecule has 0 fully saturated rings. The summed E-state index contributed by atoms with van der Waals surface area (Å²) in [6.07, 6.45) is -10.0. The zero-order chi connectivity index (χ0) is 20.5. The number of nitrogens with one attached hydrogen (secondary N) is 1. The van der Waals surface area contributed by atoms with Crippen molar-refractivity contribution in [3.05, 3.63) is 29.3 Å². The quantitative estimate of drug-likeness (QED) is 0.473. The Morgan fingerprint density at radius 1 is 1.30 bits per heavy atom. The zero-order valence-electron chi connectivity index (χ0n) is 14.2. The van der Waals surface area contributed by atoms with Crippen LogP contribution >= 0.6 is 0 Å². The lowest BCUT2D eigenvalue weighted by molar-refractivity contribution is -0.137. The molecular weight excluding hydrogens is 378 g/mol. The van der Waals surface area contributed by atoms with Gasteiger partial charge in [-0.15, -0.1) is 0 Å². The number of nitriles is 1. The van der Waals surface area contributed by atoms with Gasteiger partial charge in [0.25, 0.3) is 0 Å². The first-order valence-corrected chi connectivity index (χ1v) is 7.65. The third-order valence-electron chi connectivity index (χ3n) is 3.70. The smallest absolute Gasteiger partial charge is 0.431 e. The van der Waals surface area contributed by atoms with Gasteiger partial charge in [-0.2, -0.15) is 36.7 Å². The van der Waals surface area contributed by atoms with E-state index < -0.39 is 41.2 Å². The molecule has 0 unspecified atom stereocenters. The average molecular weight is 392 g/mol. The van der Waals surface area contributed by atoms with Gasteiger partial charge in [-0.05, 0) is 32.0 Å². The van der Waals surface area contributed by atoms with Crippen LogP contribution in [-0.2, 0) is 10.9 Å². The molecule has 1 atom stereocenters. The summed E-state index contributed by atoms with van der Waals surface area (Å²) in [5, 5.41) is 12.1. The highest BCUT2D eigenvalue weighted by atomic mass is 19.4. The van der Waals surface area contributed by atoms with Crippen LogP contribution in [-0.4, -0.2) is 29.9 Å². The summed E-state index contributed by atoms with van der Waals surface area (Å²) in [5.41, 5.74) is -2.26. The van der Waals surface area contributed by atoms with Gasteiger partial charge >= 0.3 is 12.4 Å². The molecule has 0 amide bonds. The minimum atomic E-state index is -4.79. The number of hydrogen-bond donors (Lipinski definition) is 1. The van der Waals surface area contributed by atoms with E-state index in [0.29, 0.717) is 6.07 Å². The fraction of sp³-hybridized carbons (Fsp3) is 0.438. The van der Waals surface area contributed by atoms with Crippen LogP contribution in [0.1, 0.15) is 31.4 Å². The van der Waals surface area contributed by atoms with Crippen molar-refractivity contribution in [2.24, 2.45) is 10.1 Å². The maximum absolute atomic E-state index is 13.1. The van der Waals surface area contributed by atoms with Crippen molar-refractivity contribution in [2.45, 2.75) is 38.2 Å². The van der Waals surface area contributed by atoms with Gasteiger partial charge in [0.05, 0.1) is 29.5 Å². The van der Waals surface area contributed by atoms with Gasteiger partial charge < -0.3 is 4.74 Å². The summed E-state index contributed by atoms with van der Waals surface area (Å²) in [5.74, 6) is -0.245. The van der Waals surface area contributed by atoms with E-state index in [1.807, 2.05) is 0 Å². The third kappa shape index (κ3) is 4.50. The Hall–Kier alpha value is -2.77. The van der Waals surface area contributed by atoms with E-state index in [-0.39, 0.29) is 18.2 Å². The van der Waals surface area contributed by atoms with Gasteiger partial charge in [0, 0.05) is 6.42 Å². The largest absolute Gasteiger partial charge is 0.479 e. The molecule has 1 aliphatic heterocycles. The van der Waals surface area contributed by atoms with E-state index in [9.17, 15) is 26.3 Å². The van der Waals surface area contributed by atoms with Gasteiger partial charge in [0.15, 0.2) is 0 Å². The minimum Gasteiger partial charge on any atom is -0.479 e. The van der Waals surface area contributed by atoms with Crippen LogP contribution in [0.25, 0.3) is 0 Å². The van der Waals surface area contributed by atoms with E-state index in [4.69, 9.17) is 10.00 Å². The van der Waals surface area contributed by atoms with Crippen molar-refractivity contribution < 1.29 is 31.1 Å². The van der Waals surface area contributed by atoms with E-state index in [0.717, 1.165) is 12.1 Å². The predicted molar refractivity (Wildman–Crippen MR) is 84.5 cm³/mol. The second-order valence-corrected chi connectivity index (χ2v) is 5.87. The van der Waals surface area contributed by atoms with Gasteiger partial charge in [-0.25, -0.2) is 4.99 Å². The van der Waals surface area contributed by atoms with Crippen molar-refractivity contribution >= 4 is 17.3 Å². The van der Waals surface area contributed by atoms with Crippen LogP contribution < -0.4 is 5.43 Å². The number of aliphatic imine (C=N–C) groups is 1. The SMILES string of the molecule is CCOC(=Nc1ccc(C#N)c(C(F)(F)F)c1)[C@@]1(C)CC(C(F)(F)F)=NN1. The molecule has 0 aliphatic carbocycles. The molecule has 0 radical (unpaired) electrons. The lowest BCUT2D eigenvalue weighted by atomic mass is 9.96. The second-order valence-electron chi connectivity index (χ2n) is 5.87. The predicted octanol–water partition coefficient (Wildman–Crippen LogP) is 4.31. The highest BCUT2D eigenvalue weighted by Crippen LogP contribution is 2.35. The van der Waals surface area contributed by atoms with Crippen molar-refractivity contribution in [3.8, 4) is 6.07 Å². The summed E-state index contributed by atoms with van der Waals surface area (Å²) >= 11 is 0. The normalized spacial score (nSPS) is 20.7. The molecule has 11 heteroatoms. The van der Waals surface area contributed by atoms with Crippen molar-refractivity contribution in [3.63, 3.8) is 0 Å². The van der Waals surface area contributed by atoms with Crippen molar-refractivity contribution in [2.75, 3.05) is 6.61 Å². The van der Waals surface area contributed by atoms with Gasteiger partial charge in [-0.1, -0.05) is 0 Å². The van der Waals surface area contributed by atoms with Crippen LogP contribution in [0.15, 0.2) is 28.3 Å². The maximum Gasteiger partial charge on any atom is 0.431 e. The summed E-state index contributed by atoms with van der Waals surface area (Å²) < 4.78 is 83.0. The first kappa shape index (κ1) is 20.5. The number of hydrazone groups is 1. The number of rotatable bonds is 3. The second kappa shape index (κ2) is 7.09. The Bertz CT molecular complexity index is 822. The molecule has 0 bridgehead atoms. The third-order valence-corrected chi connectivity index (χ3v) is 3.70. The Morgan fingerprint density at radius 2 is 1.96 bits per heavy atom. The molecule has 1 aromatic carbocycles. The highest BCUT2D eigenvalue weighted by molar-refractivity contribution is 6.00. The summed E-state index contributed by atoms with van der Waals surface area (Å²) in [6, 6.07) is 4.16. The fourth-order valence-corrected chi connectivity index (χ4v) is 2.39. The molecule has 2 rings (SSSR count). The number of nitrogens with zero attached hydrogens (tertiary/aromatic N) is 3. The highest BCUT2D eigenvalue weighted by Gasteiger charge is 2.48. The first-order chi connectivity index (χ1) is 12.4. The fourth-order valence-electron chi connectivity index (χ4n) is 2.39. The van der Waals surface area contributed by atoms with E-state index in [1.165, 1.54) is 13.0 Å². The van der Waals surface area contributed by atoms with Crippen LogP contribution in [0.3, 0.4) is 0 Å². The number of alkyl halides is 6. The molecule has 1 aliphatic rings. The molecule has 0 spiro atoms. The first-order valence-electron chi connectivity index (χ1n) is 7.65. The van der Waals surface area contributed by atoms with E-state index in [1.54, 1.807) is 6.92 Å². The number of halogens is 6. The van der Waals surface area contributed by atoms with Gasteiger partial charge in [0.1, 0.15) is 11.3 Å². The molecule has 1 heterocycles. The Balaban J connectivity index is 2.44. The summed E-state index contributed by atoms with van der Waals surface area (Å²) in [7, 11) is 0. The van der Waals surface area contributed by atoms with Crippen LogP contribution in [0.4, 0.5) is 32.0 Å². The minimum absolute atomic E-state index is 0.0276. The number of benzene rings is 1. The average Bonchev–Trinajstić information content (AvgIpc) is 2.97. The number of ether oxygens (including phenoxy) is 1. The Morgan fingerprint density at radius 3 is 2.44 bits per heavy atom. The zero-order valence-corrected chi connectivity index (χ0v) is 14.2. The van der Waals surface area contributed by atoms with Crippen LogP contribution in [0, 0.1) is 11.3 Å². The van der Waals surface area contributed by atoms with Crippen LogP contribution in [0.2, 0.25) is 0 Å². The van der Waals surface area contributed by atoms with Gasteiger partial charge in [-0.3, -0.25) is 5.43 Å². The molecule has 1 aromatic rings. The molecule has 0 aromatic heterocycles. The molecule has 1 N–H and O–H groups in total. The maximum atomic E-state index is 13.1. The standard InChI is InChI=1S/C16H14F6N4O/c1-3-27-13(14(2)7-12(25-26-14)16(20,21)22)24-10-5-4-9(8-23)11(6-10)15(17,18)19/h4-6,26H,3,7H2,1-2H3/t14-/m1/s1. The van der Waals surface area contributed by atoms with E-state index >= 15 is 0 Å². The summed E-state index contributed by atoms with van der Waals surface area (Å²) in [4.78, 5) is 3.95. The molecule has 5 nitrogen and oxygen atoms in total. The van der Waals surface area contributed by atoms with Crippen molar-refractivity contribution in [1.82, 2.24) is 5.43 Å². The molecule has 146 valence electrons. The lowest BCUT2D eigenvalue weighted by Crippen LogP contribution is -2.46. The molecular formula is C16H14F6N4O. The topological polar surface area (TPSA) is 69.8 Å². The molecule has 0 saturated carbocycles.